The van der Waals surface area contributed by atoms with Crippen molar-refractivity contribution in [2.75, 3.05) is 12.3 Å². The molecule has 1 aliphatic heterocycles. The van der Waals surface area contributed by atoms with Gasteiger partial charge in [0.1, 0.15) is 5.60 Å². The van der Waals surface area contributed by atoms with E-state index in [-0.39, 0.29) is 24.3 Å². The lowest BCUT2D eigenvalue weighted by Gasteiger charge is -2.48. The summed E-state index contributed by atoms with van der Waals surface area (Å²) in [4.78, 5) is 13.2. The van der Waals surface area contributed by atoms with Gasteiger partial charge in [0, 0.05) is 29.6 Å². The molecule has 1 aromatic rings. The lowest BCUT2D eigenvalue weighted by molar-refractivity contribution is -0.0343. The highest BCUT2D eigenvalue weighted by molar-refractivity contribution is 7.10. The Labute approximate surface area is 140 Å². The third kappa shape index (κ3) is 3.62. The number of carbonyl (C=O) groups is 1. The third-order valence-corrected chi connectivity index (χ3v) is 5.28. The minimum absolute atomic E-state index is 0.0403. The minimum atomic E-state index is -0.492. The van der Waals surface area contributed by atoms with E-state index in [9.17, 15) is 4.79 Å². The molecule has 1 saturated heterocycles. The van der Waals surface area contributed by atoms with Gasteiger partial charge in [-0.05, 0) is 38.6 Å². The molecule has 23 heavy (non-hydrogen) atoms. The average molecular weight is 339 g/mol. The first-order valence-electron chi connectivity index (χ1n) is 8.01. The van der Waals surface area contributed by atoms with Gasteiger partial charge < -0.3 is 25.8 Å². The topological polar surface area (TPSA) is 85.6 Å². The smallest absolute Gasteiger partial charge is 0.407 e. The van der Waals surface area contributed by atoms with Crippen molar-refractivity contribution in [2.45, 2.75) is 57.5 Å². The number of hydrogen-bond acceptors (Lipinski definition) is 6. The molecule has 0 bridgehead atoms. The predicted molar refractivity (Wildman–Crippen MR) is 90.4 cm³/mol. The Morgan fingerprint density at radius 3 is 2.91 bits per heavy atom. The number of alkyl carbamates (subject to hydrolysis) is 1. The number of amides is 1. The SMILES string of the molecule is CC(C)(C)OC(=O)NC1C2CCOC2C1NCc1sccc1N. The number of hydrogen-bond donors (Lipinski definition) is 3. The number of nitrogen functional groups attached to an aromatic ring is 1. The second-order valence-corrected chi connectivity index (χ2v) is 8.17. The molecule has 2 fully saturated rings. The van der Waals surface area contributed by atoms with E-state index in [0.717, 1.165) is 23.6 Å². The van der Waals surface area contributed by atoms with Crippen molar-refractivity contribution in [3.63, 3.8) is 0 Å². The van der Waals surface area contributed by atoms with Crippen LogP contribution in [-0.2, 0) is 16.0 Å². The van der Waals surface area contributed by atoms with Crippen LogP contribution < -0.4 is 16.4 Å². The molecule has 6 nitrogen and oxygen atoms in total. The van der Waals surface area contributed by atoms with Crippen molar-refractivity contribution >= 4 is 23.1 Å². The molecule has 0 aromatic carbocycles. The number of nitrogens with two attached hydrogens (primary N) is 1. The van der Waals surface area contributed by atoms with Crippen LogP contribution in [0.4, 0.5) is 10.5 Å². The first-order chi connectivity index (χ1) is 10.8. The Morgan fingerprint density at radius 2 is 2.26 bits per heavy atom. The summed E-state index contributed by atoms with van der Waals surface area (Å²) >= 11 is 1.63. The van der Waals surface area contributed by atoms with Crippen molar-refractivity contribution in [2.24, 2.45) is 5.92 Å². The number of rotatable bonds is 4. The normalized spacial score (nSPS) is 29.7. The molecule has 1 aromatic heterocycles. The molecular weight excluding hydrogens is 314 g/mol. The minimum Gasteiger partial charge on any atom is -0.444 e. The fourth-order valence-corrected chi connectivity index (χ4v) is 4.05. The first-order valence-corrected chi connectivity index (χ1v) is 8.89. The van der Waals surface area contributed by atoms with E-state index in [4.69, 9.17) is 15.2 Å². The highest BCUT2D eigenvalue weighted by Crippen LogP contribution is 2.39. The van der Waals surface area contributed by atoms with Gasteiger partial charge in [0.25, 0.3) is 0 Å². The van der Waals surface area contributed by atoms with E-state index in [0.29, 0.717) is 12.5 Å². The van der Waals surface area contributed by atoms with Gasteiger partial charge in [-0.25, -0.2) is 4.79 Å². The summed E-state index contributed by atoms with van der Waals surface area (Å²) in [5, 5.41) is 8.48. The van der Waals surface area contributed by atoms with Gasteiger partial charge in [0.15, 0.2) is 0 Å². The van der Waals surface area contributed by atoms with Gasteiger partial charge in [0.2, 0.25) is 0 Å². The Hall–Kier alpha value is -1.31. The number of nitrogens with one attached hydrogen (secondary N) is 2. The lowest BCUT2D eigenvalue weighted by Crippen LogP contribution is -2.70. The highest BCUT2D eigenvalue weighted by Gasteiger charge is 2.54. The first kappa shape index (κ1) is 16.5. The molecule has 2 heterocycles. The van der Waals surface area contributed by atoms with Crippen LogP contribution in [0.25, 0.3) is 0 Å². The maximum atomic E-state index is 12.1. The summed E-state index contributed by atoms with van der Waals surface area (Å²) in [5.74, 6) is 0.362. The number of thiophene rings is 1. The summed E-state index contributed by atoms with van der Waals surface area (Å²) in [5.41, 5.74) is 6.24. The Morgan fingerprint density at radius 1 is 1.48 bits per heavy atom. The van der Waals surface area contributed by atoms with Crippen molar-refractivity contribution < 1.29 is 14.3 Å². The van der Waals surface area contributed by atoms with E-state index in [1.807, 2.05) is 32.2 Å². The van der Waals surface area contributed by atoms with Gasteiger partial charge in [-0.15, -0.1) is 11.3 Å². The Bertz CT molecular complexity index is 569. The van der Waals surface area contributed by atoms with Crippen molar-refractivity contribution in [1.29, 1.82) is 0 Å². The summed E-state index contributed by atoms with van der Waals surface area (Å²) in [6, 6.07) is 2.04. The van der Waals surface area contributed by atoms with E-state index < -0.39 is 5.60 Å². The summed E-state index contributed by atoms with van der Waals surface area (Å²) in [6.45, 7) is 7.03. The van der Waals surface area contributed by atoms with Gasteiger partial charge >= 0.3 is 6.09 Å². The van der Waals surface area contributed by atoms with Crippen LogP contribution in [0.15, 0.2) is 11.4 Å². The van der Waals surface area contributed by atoms with Gasteiger partial charge in [-0.3, -0.25) is 0 Å². The zero-order valence-corrected chi connectivity index (χ0v) is 14.6. The molecule has 0 radical (unpaired) electrons. The third-order valence-electron chi connectivity index (χ3n) is 4.35. The van der Waals surface area contributed by atoms with Gasteiger partial charge in [-0.2, -0.15) is 0 Å². The summed E-state index contributed by atoms with van der Waals surface area (Å²) < 4.78 is 11.2. The fourth-order valence-electron chi connectivity index (χ4n) is 3.30. The summed E-state index contributed by atoms with van der Waals surface area (Å²) in [7, 11) is 0. The maximum absolute atomic E-state index is 12.1. The fraction of sp³-hybridized carbons (Fsp3) is 0.688. The van der Waals surface area contributed by atoms with Crippen molar-refractivity contribution in [1.82, 2.24) is 10.6 Å². The molecule has 4 atom stereocenters. The maximum Gasteiger partial charge on any atom is 0.407 e. The van der Waals surface area contributed by atoms with Crippen LogP contribution in [0.1, 0.15) is 32.1 Å². The molecule has 1 aliphatic carbocycles. The standard InChI is InChI=1S/C16H25N3O3S/c1-16(2,3)22-15(20)19-12-9-4-6-21-14(9)13(12)18-8-11-10(17)5-7-23-11/h5,7,9,12-14,18H,4,6,8,17H2,1-3H3,(H,19,20). The molecular formula is C16H25N3O3S. The lowest BCUT2D eigenvalue weighted by atomic mass is 9.71. The quantitative estimate of drug-likeness (QED) is 0.782. The van der Waals surface area contributed by atoms with Crippen LogP contribution in [0, 0.1) is 5.92 Å². The van der Waals surface area contributed by atoms with Crippen LogP contribution in [0.5, 0.6) is 0 Å². The van der Waals surface area contributed by atoms with E-state index in [1.165, 1.54) is 0 Å². The van der Waals surface area contributed by atoms with Crippen molar-refractivity contribution in [3.8, 4) is 0 Å². The van der Waals surface area contributed by atoms with Crippen LogP contribution >= 0.6 is 11.3 Å². The van der Waals surface area contributed by atoms with E-state index >= 15 is 0 Å². The molecule has 3 rings (SSSR count). The van der Waals surface area contributed by atoms with Crippen LogP contribution in [-0.4, -0.2) is 36.5 Å². The van der Waals surface area contributed by atoms with E-state index in [2.05, 4.69) is 10.6 Å². The number of fused-ring (bicyclic) bond motifs is 1. The molecule has 4 unspecified atom stereocenters. The van der Waals surface area contributed by atoms with Crippen LogP contribution in [0.2, 0.25) is 0 Å². The molecule has 128 valence electrons. The second-order valence-electron chi connectivity index (χ2n) is 7.17. The molecule has 1 amide bonds. The monoisotopic (exact) mass is 339 g/mol. The van der Waals surface area contributed by atoms with Gasteiger partial charge in [-0.1, -0.05) is 0 Å². The molecule has 0 spiro atoms. The average Bonchev–Trinajstić information content (AvgIpc) is 3.02. The number of carbonyl (C=O) groups excluding carboxylic acids is 1. The number of anilines is 1. The van der Waals surface area contributed by atoms with Crippen molar-refractivity contribution in [3.05, 3.63) is 16.3 Å². The highest BCUT2D eigenvalue weighted by atomic mass is 32.1. The zero-order chi connectivity index (χ0) is 16.6. The van der Waals surface area contributed by atoms with E-state index in [1.54, 1.807) is 11.3 Å². The summed E-state index contributed by atoms with van der Waals surface area (Å²) in [6.07, 6.45) is 0.774. The number of ether oxygens (including phenoxy) is 2. The van der Waals surface area contributed by atoms with Crippen LogP contribution in [0.3, 0.4) is 0 Å². The second kappa shape index (κ2) is 6.30. The molecule has 7 heteroatoms. The van der Waals surface area contributed by atoms with Gasteiger partial charge in [0.05, 0.1) is 18.2 Å². The largest absolute Gasteiger partial charge is 0.444 e. The Kier molecular flexibility index (Phi) is 4.53. The molecule has 4 N–H and O–H groups in total. The molecule has 1 saturated carbocycles. The zero-order valence-electron chi connectivity index (χ0n) is 13.8. The Balaban J connectivity index is 1.59. The predicted octanol–water partition coefficient (Wildman–Crippen LogP) is 2.10. The molecule has 2 aliphatic rings.